The summed E-state index contributed by atoms with van der Waals surface area (Å²) in [5, 5.41) is 0.520. The minimum absolute atomic E-state index is 0.216. The summed E-state index contributed by atoms with van der Waals surface area (Å²) in [6, 6.07) is 10.9. The molecule has 2 N–H and O–H groups in total. The number of nitrogen functional groups attached to an aromatic ring is 1. The number of ether oxygens (including phenoxy) is 3. The Balaban J connectivity index is 1.78. The second kappa shape index (κ2) is 7.67. The van der Waals surface area contributed by atoms with Gasteiger partial charge in [0.05, 0.1) is 12.3 Å². The number of fused-ring (bicyclic) bond motifs is 1. The molecule has 0 saturated carbocycles. The standard InChI is InChI=1S/C21H20ClN3O4/c1-3-27-21(26)19-20(14-6-5-13(22)10-15(14)23)25(2)18(24-19)9-12-4-7-16-17(8-12)29-11-28-16/h4-8,10H,3,9,11,23H2,1-2H3. The maximum absolute atomic E-state index is 12.6. The summed E-state index contributed by atoms with van der Waals surface area (Å²) < 4.78 is 17.9. The number of hydrogen-bond acceptors (Lipinski definition) is 6. The quantitative estimate of drug-likeness (QED) is 0.505. The first-order chi connectivity index (χ1) is 14.0. The van der Waals surface area contributed by atoms with Crippen LogP contribution in [-0.4, -0.2) is 28.9 Å². The second-order valence-electron chi connectivity index (χ2n) is 6.60. The Bertz CT molecular complexity index is 1090. The zero-order valence-electron chi connectivity index (χ0n) is 16.1. The SMILES string of the molecule is CCOC(=O)c1nc(Cc2ccc3c(c2)OCO3)n(C)c1-c1ccc(Cl)cc1N. The number of benzene rings is 2. The lowest BCUT2D eigenvalue weighted by Gasteiger charge is -2.10. The van der Waals surface area contributed by atoms with Crippen LogP contribution in [0.4, 0.5) is 5.69 Å². The van der Waals surface area contributed by atoms with Gasteiger partial charge in [-0.15, -0.1) is 0 Å². The first-order valence-electron chi connectivity index (χ1n) is 9.14. The molecule has 29 heavy (non-hydrogen) atoms. The van der Waals surface area contributed by atoms with Crippen molar-refractivity contribution in [2.75, 3.05) is 19.1 Å². The molecule has 0 saturated heterocycles. The highest BCUT2D eigenvalue weighted by atomic mass is 35.5. The molecule has 1 aromatic heterocycles. The van der Waals surface area contributed by atoms with Gasteiger partial charge in [0, 0.05) is 29.7 Å². The summed E-state index contributed by atoms with van der Waals surface area (Å²) >= 11 is 6.04. The predicted molar refractivity (Wildman–Crippen MR) is 109 cm³/mol. The lowest BCUT2D eigenvalue weighted by Crippen LogP contribution is -2.08. The molecule has 0 atom stereocenters. The van der Waals surface area contributed by atoms with E-state index in [4.69, 9.17) is 31.5 Å². The molecule has 0 spiro atoms. The molecular formula is C21H20ClN3O4. The van der Waals surface area contributed by atoms with E-state index in [2.05, 4.69) is 4.98 Å². The largest absolute Gasteiger partial charge is 0.461 e. The van der Waals surface area contributed by atoms with E-state index in [0.29, 0.717) is 40.0 Å². The topological polar surface area (TPSA) is 88.6 Å². The number of aromatic nitrogens is 2. The molecule has 0 radical (unpaired) electrons. The fourth-order valence-corrected chi connectivity index (χ4v) is 3.52. The minimum Gasteiger partial charge on any atom is -0.461 e. The van der Waals surface area contributed by atoms with Crippen molar-refractivity contribution < 1.29 is 19.0 Å². The number of hydrogen-bond donors (Lipinski definition) is 1. The number of anilines is 1. The number of carbonyl (C=O) groups is 1. The van der Waals surface area contributed by atoms with E-state index < -0.39 is 5.97 Å². The normalized spacial score (nSPS) is 12.2. The van der Waals surface area contributed by atoms with Gasteiger partial charge in [0.1, 0.15) is 5.82 Å². The molecule has 1 aliphatic heterocycles. The Morgan fingerprint density at radius 1 is 1.24 bits per heavy atom. The molecule has 1 aliphatic rings. The van der Waals surface area contributed by atoms with Crippen LogP contribution >= 0.6 is 11.6 Å². The number of rotatable bonds is 5. The number of carbonyl (C=O) groups excluding carboxylic acids is 1. The number of nitrogens with two attached hydrogens (primary N) is 1. The maximum Gasteiger partial charge on any atom is 0.359 e. The van der Waals surface area contributed by atoms with E-state index in [0.717, 1.165) is 11.3 Å². The van der Waals surface area contributed by atoms with E-state index in [-0.39, 0.29) is 19.1 Å². The number of esters is 1. The van der Waals surface area contributed by atoms with E-state index in [9.17, 15) is 4.79 Å². The zero-order valence-corrected chi connectivity index (χ0v) is 16.8. The molecule has 3 aromatic rings. The Kier molecular flexibility index (Phi) is 5.07. The number of nitrogens with zero attached hydrogens (tertiary/aromatic N) is 2. The Morgan fingerprint density at radius 2 is 2.03 bits per heavy atom. The van der Waals surface area contributed by atoms with Crippen LogP contribution in [0.3, 0.4) is 0 Å². The minimum atomic E-state index is -0.496. The van der Waals surface area contributed by atoms with Crippen molar-refractivity contribution in [2.24, 2.45) is 7.05 Å². The maximum atomic E-state index is 12.6. The smallest absolute Gasteiger partial charge is 0.359 e. The molecule has 0 bridgehead atoms. The average molecular weight is 414 g/mol. The van der Waals surface area contributed by atoms with Crippen LogP contribution in [0.15, 0.2) is 36.4 Å². The van der Waals surface area contributed by atoms with Gasteiger partial charge >= 0.3 is 5.97 Å². The predicted octanol–water partition coefficient (Wildman–Crippen LogP) is 3.82. The van der Waals surface area contributed by atoms with Crippen molar-refractivity contribution in [3.05, 3.63) is 58.5 Å². The van der Waals surface area contributed by atoms with Gasteiger partial charge in [0.2, 0.25) is 6.79 Å². The highest BCUT2D eigenvalue weighted by Gasteiger charge is 2.25. The summed E-state index contributed by atoms with van der Waals surface area (Å²) in [5.41, 5.74) is 9.10. The molecule has 0 fully saturated rings. The van der Waals surface area contributed by atoms with Gasteiger partial charge in [0.25, 0.3) is 0 Å². The van der Waals surface area contributed by atoms with Gasteiger partial charge in [-0.1, -0.05) is 17.7 Å². The summed E-state index contributed by atoms with van der Waals surface area (Å²) in [6.07, 6.45) is 0.493. The average Bonchev–Trinajstić information content (AvgIpc) is 3.27. The molecule has 8 heteroatoms. The monoisotopic (exact) mass is 413 g/mol. The molecule has 7 nitrogen and oxygen atoms in total. The summed E-state index contributed by atoms with van der Waals surface area (Å²) in [6.45, 7) is 2.22. The second-order valence-corrected chi connectivity index (χ2v) is 7.04. The van der Waals surface area contributed by atoms with Gasteiger partial charge in [-0.05, 0) is 42.8 Å². The third-order valence-corrected chi connectivity index (χ3v) is 4.96. The first kappa shape index (κ1) is 19.1. The third-order valence-electron chi connectivity index (χ3n) is 4.72. The Labute approximate surface area is 173 Å². The molecular weight excluding hydrogens is 394 g/mol. The van der Waals surface area contributed by atoms with Gasteiger partial charge in [0.15, 0.2) is 17.2 Å². The lowest BCUT2D eigenvalue weighted by atomic mass is 10.1. The van der Waals surface area contributed by atoms with Crippen LogP contribution in [0.25, 0.3) is 11.3 Å². The van der Waals surface area contributed by atoms with E-state index in [1.165, 1.54) is 0 Å². The van der Waals surface area contributed by atoms with E-state index in [1.54, 1.807) is 25.1 Å². The van der Waals surface area contributed by atoms with Gasteiger partial charge in [-0.2, -0.15) is 0 Å². The lowest BCUT2D eigenvalue weighted by molar-refractivity contribution is 0.0521. The fourth-order valence-electron chi connectivity index (χ4n) is 3.34. The van der Waals surface area contributed by atoms with Crippen molar-refractivity contribution >= 4 is 23.3 Å². The van der Waals surface area contributed by atoms with Crippen molar-refractivity contribution in [3.8, 4) is 22.8 Å². The number of halogens is 1. The molecule has 0 aliphatic carbocycles. The molecule has 2 aromatic carbocycles. The van der Waals surface area contributed by atoms with Crippen molar-refractivity contribution in [1.82, 2.24) is 9.55 Å². The highest BCUT2D eigenvalue weighted by Crippen LogP contribution is 2.35. The summed E-state index contributed by atoms with van der Waals surface area (Å²) in [7, 11) is 1.85. The van der Waals surface area contributed by atoms with Crippen LogP contribution in [-0.2, 0) is 18.2 Å². The fraction of sp³-hybridized carbons (Fsp3) is 0.238. The Morgan fingerprint density at radius 3 is 2.79 bits per heavy atom. The van der Waals surface area contributed by atoms with Crippen molar-refractivity contribution in [1.29, 1.82) is 0 Å². The van der Waals surface area contributed by atoms with Gasteiger partial charge in [-0.25, -0.2) is 9.78 Å². The van der Waals surface area contributed by atoms with E-state index in [1.807, 2.05) is 29.8 Å². The Hall–Kier alpha value is -3.19. The van der Waals surface area contributed by atoms with Crippen LogP contribution in [0.2, 0.25) is 5.02 Å². The molecule has 0 amide bonds. The molecule has 150 valence electrons. The summed E-state index contributed by atoms with van der Waals surface area (Å²) in [5.74, 6) is 1.61. The first-order valence-corrected chi connectivity index (χ1v) is 9.52. The highest BCUT2D eigenvalue weighted by molar-refractivity contribution is 6.31. The van der Waals surface area contributed by atoms with Gasteiger partial charge < -0.3 is 24.5 Å². The van der Waals surface area contributed by atoms with Crippen molar-refractivity contribution in [3.63, 3.8) is 0 Å². The van der Waals surface area contributed by atoms with E-state index >= 15 is 0 Å². The van der Waals surface area contributed by atoms with Gasteiger partial charge in [-0.3, -0.25) is 0 Å². The van der Waals surface area contributed by atoms with Crippen LogP contribution in [0.1, 0.15) is 28.8 Å². The third kappa shape index (κ3) is 3.61. The van der Waals surface area contributed by atoms with Crippen LogP contribution < -0.4 is 15.2 Å². The molecule has 0 unspecified atom stereocenters. The van der Waals surface area contributed by atoms with Crippen LogP contribution in [0, 0.1) is 0 Å². The zero-order chi connectivity index (χ0) is 20.5. The summed E-state index contributed by atoms with van der Waals surface area (Å²) in [4.78, 5) is 17.2. The number of imidazole rings is 1. The van der Waals surface area contributed by atoms with Crippen LogP contribution in [0.5, 0.6) is 11.5 Å². The van der Waals surface area contributed by atoms with Crippen molar-refractivity contribution in [2.45, 2.75) is 13.3 Å². The molecule has 4 rings (SSSR count). The molecule has 2 heterocycles.